The van der Waals surface area contributed by atoms with Gasteiger partial charge >= 0.3 is 0 Å². The van der Waals surface area contributed by atoms with Crippen LogP contribution in [-0.4, -0.2) is 32.8 Å². The summed E-state index contributed by atoms with van der Waals surface area (Å²) < 4.78 is 26.8. The Labute approximate surface area is 119 Å². The van der Waals surface area contributed by atoms with Crippen molar-refractivity contribution in [2.24, 2.45) is 5.73 Å². The highest BCUT2D eigenvalue weighted by Gasteiger charge is 2.26. The third kappa shape index (κ3) is 4.07. The maximum Gasteiger partial charge on any atom is 0.242 e. The van der Waals surface area contributed by atoms with Crippen LogP contribution in [0.5, 0.6) is 0 Å². The first-order valence-electron chi connectivity index (χ1n) is 5.86. The van der Waals surface area contributed by atoms with Crippen LogP contribution >= 0.6 is 12.2 Å². The molecule has 0 bridgehead atoms. The van der Waals surface area contributed by atoms with Gasteiger partial charge in [0.05, 0.1) is 10.7 Å². The van der Waals surface area contributed by atoms with Gasteiger partial charge in [-0.3, -0.25) is 4.72 Å². The molecule has 0 aliphatic heterocycles. The Balaban J connectivity index is 3.01. The predicted molar refractivity (Wildman–Crippen MR) is 84.2 cm³/mol. The molecular weight excluding hydrogens is 282 g/mol. The zero-order valence-electron chi connectivity index (χ0n) is 11.3. The maximum atomic E-state index is 12.2. The summed E-state index contributed by atoms with van der Waals surface area (Å²) >= 11 is 4.80. The summed E-state index contributed by atoms with van der Waals surface area (Å²) in [4.78, 5) is 1.88. The molecule has 106 valence electrons. The van der Waals surface area contributed by atoms with E-state index in [-0.39, 0.29) is 4.99 Å². The van der Waals surface area contributed by atoms with Crippen molar-refractivity contribution in [1.82, 2.24) is 0 Å². The second kappa shape index (κ2) is 6.21. The van der Waals surface area contributed by atoms with Crippen LogP contribution in [0.3, 0.4) is 0 Å². The number of nitrogens with one attached hydrogen (secondary N) is 1. The van der Waals surface area contributed by atoms with Gasteiger partial charge in [0.25, 0.3) is 0 Å². The highest BCUT2D eigenvalue weighted by atomic mass is 32.2. The largest absolute Gasteiger partial charge is 0.392 e. The second-order valence-corrected chi connectivity index (χ2v) is 6.73. The van der Waals surface area contributed by atoms with Crippen molar-refractivity contribution in [3.05, 3.63) is 24.3 Å². The standard InChI is InChI=1S/C12H19N3O2S2/c1-4-11(12(13)18)19(16,17)14-9-6-5-7-10(8-9)15(2)3/h5-8,11,14H,4H2,1-3H3,(H2,13,18). The van der Waals surface area contributed by atoms with Crippen LogP contribution in [0.25, 0.3) is 0 Å². The minimum Gasteiger partial charge on any atom is -0.392 e. The van der Waals surface area contributed by atoms with E-state index in [1.165, 1.54) is 0 Å². The van der Waals surface area contributed by atoms with Crippen LogP contribution in [-0.2, 0) is 10.0 Å². The van der Waals surface area contributed by atoms with Crippen molar-refractivity contribution in [3.8, 4) is 0 Å². The van der Waals surface area contributed by atoms with Gasteiger partial charge in [-0.2, -0.15) is 0 Å². The molecule has 0 fully saturated rings. The normalized spacial score (nSPS) is 12.8. The van der Waals surface area contributed by atoms with Gasteiger partial charge in [0.15, 0.2) is 0 Å². The fourth-order valence-electron chi connectivity index (χ4n) is 1.66. The van der Waals surface area contributed by atoms with Gasteiger partial charge in [0.1, 0.15) is 5.25 Å². The Morgan fingerprint density at radius 1 is 1.47 bits per heavy atom. The number of hydrogen-bond acceptors (Lipinski definition) is 4. The average molecular weight is 301 g/mol. The Morgan fingerprint density at radius 3 is 2.58 bits per heavy atom. The van der Waals surface area contributed by atoms with Crippen LogP contribution < -0.4 is 15.4 Å². The summed E-state index contributed by atoms with van der Waals surface area (Å²) in [5.41, 5.74) is 6.88. The first-order valence-corrected chi connectivity index (χ1v) is 7.81. The van der Waals surface area contributed by atoms with Crippen LogP contribution in [0.2, 0.25) is 0 Å². The summed E-state index contributed by atoms with van der Waals surface area (Å²) in [6, 6.07) is 7.12. The first kappa shape index (κ1) is 15.7. The van der Waals surface area contributed by atoms with Crippen LogP contribution in [0, 0.1) is 0 Å². The highest BCUT2D eigenvalue weighted by molar-refractivity contribution is 7.95. The van der Waals surface area contributed by atoms with Crippen molar-refractivity contribution in [1.29, 1.82) is 0 Å². The Morgan fingerprint density at radius 2 is 2.11 bits per heavy atom. The number of hydrogen-bond donors (Lipinski definition) is 2. The van der Waals surface area contributed by atoms with E-state index in [4.69, 9.17) is 18.0 Å². The molecule has 0 aliphatic carbocycles. The Bertz CT molecular complexity index is 556. The van der Waals surface area contributed by atoms with Gasteiger partial charge in [-0.25, -0.2) is 8.42 Å². The van der Waals surface area contributed by atoms with E-state index >= 15 is 0 Å². The van der Waals surface area contributed by atoms with Crippen molar-refractivity contribution >= 4 is 38.6 Å². The number of rotatable bonds is 6. The van der Waals surface area contributed by atoms with Crippen molar-refractivity contribution in [3.63, 3.8) is 0 Å². The number of nitrogens with two attached hydrogens (primary N) is 1. The Kier molecular flexibility index (Phi) is 5.13. The number of anilines is 2. The van der Waals surface area contributed by atoms with E-state index in [0.717, 1.165) is 5.69 Å². The lowest BCUT2D eigenvalue weighted by Crippen LogP contribution is -2.37. The zero-order valence-corrected chi connectivity index (χ0v) is 12.9. The van der Waals surface area contributed by atoms with Crippen molar-refractivity contribution in [2.45, 2.75) is 18.6 Å². The molecule has 0 aromatic heterocycles. The van der Waals surface area contributed by atoms with E-state index in [1.807, 2.05) is 25.1 Å². The first-order chi connectivity index (χ1) is 8.77. The Hall–Kier alpha value is -1.34. The summed E-state index contributed by atoms with van der Waals surface area (Å²) in [7, 11) is 0.171. The monoisotopic (exact) mass is 301 g/mol. The van der Waals surface area contributed by atoms with Gasteiger partial charge < -0.3 is 10.6 Å². The molecule has 19 heavy (non-hydrogen) atoms. The van der Waals surface area contributed by atoms with Gasteiger partial charge in [-0.05, 0) is 24.6 Å². The maximum absolute atomic E-state index is 12.2. The van der Waals surface area contributed by atoms with Gasteiger partial charge in [-0.15, -0.1) is 0 Å². The molecule has 0 amide bonds. The molecule has 1 unspecified atom stereocenters. The zero-order chi connectivity index (χ0) is 14.6. The molecule has 0 spiro atoms. The second-order valence-electron chi connectivity index (χ2n) is 4.39. The molecule has 5 nitrogen and oxygen atoms in total. The summed E-state index contributed by atoms with van der Waals surface area (Å²) in [6.45, 7) is 1.74. The lowest BCUT2D eigenvalue weighted by Gasteiger charge is -2.18. The van der Waals surface area contributed by atoms with E-state index in [0.29, 0.717) is 12.1 Å². The number of nitrogens with zero attached hydrogens (tertiary/aromatic N) is 1. The fourth-order valence-corrected chi connectivity index (χ4v) is 3.55. The van der Waals surface area contributed by atoms with E-state index in [1.54, 1.807) is 25.1 Å². The van der Waals surface area contributed by atoms with Crippen LogP contribution in [0.1, 0.15) is 13.3 Å². The topological polar surface area (TPSA) is 75.4 Å². The molecule has 3 N–H and O–H groups in total. The van der Waals surface area contributed by atoms with Crippen molar-refractivity contribution < 1.29 is 8.42 Å². The number of thiocarbonyl (C=S) groups is 1. The molecular formula is C12H19N3O2S2. The molecule has 0 heterocycles. The average Bonchev–Trinajstić information content (AvgIpc) is 2.28. The lowest BCUT2D eigenvalue weighted by atomic mass is 10.3. The van der Waals surface area contributed by atoms with Crippen LogP contribution in [0.15, 0.2) is 24.3 Å². The molecule has 0 saturated heterocycles. The molecule has 1 aromatic carbocycles. The van der Waals surface area contributed by atoms with Gasteiger partial charge in [-0.1, -0.05) is 25.2 Å². The van der Waals surface area contributed by atoms with E-state index < -0.39 is 15.3 Å². The SMILES string of the molecule is CCC(C(N)=S)S(=O)(=O)Nc1cccc(N(C)C)c1. The lowest BCUT2D eigenvalue weighted by molar-refractivity contribution is 0.594. The molecule has 1 rings (SSSR count). The highest BCUT2D eigenvalue weighted by Crippen LogP contribution is 2.20. The molecule has 1 aromatic rings. The number of benzene rings is 1. The number of sulfonamides is 1. The molecule has 0 saturated carbocycles. The summed E-state index contributed by atoms with van der Waals surface area (Å²) in [5.74, 6) is 0. The summed E-state index contributed by atoms with van der Waals surface area (Å²) in [5, 5.41) is -0.856. The predicted octanol–water partition coefficient (Wildman–Crippen LogP) is 1.56. The minimum atomic E-state index is -3.60. The van der Waals surface area contributed by atoms with E-state index in [9.17, 15) is 8.42 Å². The molecule has 1 atom stereocenters. The molecule has 0 aliphatic rings. The smallest absolute Gasteiger partial charge is 0.242 e. The minimum absolute atomic E-state index is 0.0150. The third-order valence-electron chi connectivity index (χ3n) is 2.69. The quantitative estimate of drug-likeness (QED) is 0.780. The third-order valence-corrected chi connectivity index (χ3v) is 4.98. The molecule has 0 radical (unpaired) electrons. The summed E-state index contributed by atoms with van der Waals surface area (Å²) in [6.07, 6.45) is 0.345. The van der Waals surface area contributed by atoms with Gasteiger partial charge in [0, 0.05) is 19.8 Å². The fraction of sp³-hybridized carbons (Fsp3) is 0.417. The van der Waals surface area contributed by atoms with Crippen LogP contribution in [0.4, 0.5) is 11.4 Å². The van der Waals surface area contributed by atoms with Gasteiger partial charge in [0.2, 0.25) is 10.0 Å². The van der Waals surface area contributed by atoms with E-state index in [2.05, 4.69) is 4.72 Å². The molecule has 7 heteroatoms. The van der Waals surface area contributed by atoms with Crippen molar-refractivity contribution in [2.75, 3.05) is 23.7 Å².